The smallest absolute Gasteiger partial charge is 0.421 e. The van der Waals surface area contributed by atoms with Crippen LogP contribution in [0.3, 0.4) is 0 Å². The molecule has 55 heavy (non-hydrogen) atoms. The highest BCUT2D eigenvalue weighted by molar-refractivity contribution is 6.00. The lowest BCUT2D eigenvalue weighted by Crippen LogP contribution is -2.71. The lowest BCUT2D eigenvalue weighted by molar-refractivity contribution is -0.959. The Labute approximate surface area is 319 Å². The minimum atomic E-state index is -5.04. The number of allylic oxidation sites excluding steroid dienone is 1. The van der Waals surface area contributed by atoms with E-state index in [4.69, 9.17) is 9.47 Å². The molecule has 5 aliphatic rings. The number of ether oxygens (including phenoxy) is 2. The van der Waals surface area contributed by atoms with Crippen LogP contribution in [-0.2, 0) is 19.1 Å². The van der Waals surface area contributed by atoms with E-state index in [2.05, 4.69) is 60.4 Å². The molecule has 3 aromatic rings. The Balaban J connectivity index is 1.22. The Kier molecular flexibility index (Phi) is 9.41. The van der Waals surface area contributed by atoms with Gasteiger partial charge in [0.25, 0.3) is 5.91 Å². The summed E-state index contributed by atoms with van der Waals surface area (Å²) in [7, 11) is 0. The zero-order valence-corrected chi connectivity index (χ0v) is 30.8. The molecule has 2 aliphatic heterocycles. The fourth-order valence-corrected chi connectivity index (χ4v) is 10.9. The maximum absolute atomic E-state index is 14.6. The van der Waals surface area contributed by atoms with Crippen molar-refractivity contribution in [3.8, 4) is 0 Å². The molecule has 3 unspecified atom stereocenters. The minimum Gasteiger partial charge on any atom is -0.508 e. The van der Waals surface area contributed by atoms with E-state index in [9.17, 15) is 27.9 Å². The summed E-state index contributed by atoms with van der Waals surface area (Å²) in [6.45, 7) is 7.66. The molecule has 2 bridgehead atoms. The predicted molar refractivity (Wildman–Crippen MR) is 202 cm³/mol. The number of aliphatic hydroxyl groups is 1. The van der Waals surface area contributed by atoms with E-state index in [1.54, 1.807) is 18.2 Å². The number of piperidine rings is 1. The number of halogens is 3. The normalized spacial score (nSPS) is 31.0. The highest BCUT2D eigenvalue weighted by atomic mass is 19.4. The topological polar surface area (TPSA) is 84.9 Å². The molecule has 3 fully saturated rings. The molecule has 0 radical (unpaired) electrons. The average Bonchev–Trinajstić information content (AvgIpc) is 3.51. The van der Waals surface area contributed by atoms with Crippen LogP contribution < -0.4 is 5.32 Å². The number of aliphatic hydroxyl groups excluding tert-OH is 1. The first-order valence-electron chi connectivity index (χ1n) is 19.1. The van der Waals surface area contributed by atoms with Crippen molar-refractivity contribution in [2.45, 2.75) is 75.1 Å². The van der Waals surface area contributed by atoms with Crippen LogP contribution in [0.15, 0.2) is 132 Å². The van der Waals surface area contributed by atoms with E-state index in [1.165, 1.54) is 29.3 Å². The zero-order chi connectivity index (χ0) is 38.6. The number of benzene rings is 3. The molecule has 2 N–H and O–H groups in total. The number of rotatable bonds is 10. The molecule has 2 saturated heterocycles. The third kappa shape index (κ3) is 6.23. The van der Waals surface area contributed by atoms with Crippen molar-refractivity contribution in [2.75, 3.05) is 19.6 Å². The van der Waals surface area contributed by atoms with E-state index in [0.29, 0.717) is 24.8 Å². The van der Waals surface area contributed by atoms with Gasteiger partial charge < -0.3 is 24.4 Å². The molecule has 1 amide bonds. The maximum Gasteiger partial charge on any atom is 0.421 e. The van der Waals surface area contributed by atoms with Crippen LogP contribution in [0.1, 0.15) is 61.6 Å². The summed E-state index contributed by atoms with van der Waals surface area (Å²) in [5, 5.41) is 14.5. The number of carbonyl (C=O) groups excluding carboxylic acids is 2. The van der Waals surface area contributed by atoms with E-state index in [0.717, 1.165) is 55.5 Å². The number of esters is 1. The molecule has 0 aromatic heterocycles. The molecule has 1 spiro atoms. The lowest BCUT2D eigenvalue weighted by Gasteiger charge is -2.63. The summed E-state index contributed by atoms with van der Waals surface area (Å²) in [4.78, 5) is 26.7. The summed E-state index contributed by atoms with van der Waals surface area (Å²) < 4.78 is 57.2. The van der Waals surface area contributed by atoms with Crippen LogP contribution in [-0.4, -0.2) is 71.3 Å². The number of alkyl halides is 3. The van der Waals surface area contributed by atoms with Gasteiger partial charge in [-0.3, -0.25) is 9.59 Å². The van der Waals surface area contributed by atoms with Gasteiger partial charge in [0.05, 0.1) is 37.7 Å². The van der Waals surface area contributed by atoms with Crippen molar-refractivity contribution in [3.63, 3.8) is 0 Å². The van der Waals surface area contributed by atoms with Gasteiger partial charge in [0.15, 0.2) is 0 Å². The second-order valence-corrected chi connectivity index (χ2v) is 15.8. The van der Waals surface area contributed by atoms with Crippen LogP contribution in [0.4, 0.5) is 13.2 Å². The monoisotopic (exact) mass is 751 g/mol. The van der Waals surface area contributed by atoms with E-state index >= 15 is 0 Å². The summed E-state index contributed by atoms with van der Waals surface area (Å²) in [6.07, 6.45) is 1.11. The van der Waals surface area contributed by atoms with Crippen molar-refractivity contribution in [1.29, 1.82) is 0 Å². The Hall–Kier alpha value is -4.93. The Morgan fingerprint density at radius 1 is 1.02 bits per heavy atom. The fourth-order valence-electron chi connectivity index (χ4n) is 10.9. The van der Waals surface area contributed by atoms with Crippen LogP contribution >= 0.6 is 0 Å². The average molecular weight is 752 g/mol. The molecule has 2 heterocycles. The van der Waals surface area contributed by atoms with Gasteiger partial charge in [-0.05, 0) is 47.3 Å². The molecule has 3 aromatic carbocycles. The number of quaternary nitrogens is 1. The first-order valence-corrected chi connectivity index (χ1v) is 19.1. The molecule has 10 heteroatoms. The summed E-state index contributed by atoms with van der Waals surface area (Å²) >= 11 is 0. The van der Waals surface area contributed by atoms with Gasteiger partial charge in [0, 0.05) is 42.7 Å². The second-order valence-electron chi connectivity index (χ2n) is 15.8. The van der Waals surface area contributed by atoms with Crippen molar-refractivity contribution in [2.24, 2.45) is 11.3 Å². The first kappa shape index (κ1) is 37.0. The van der Waals surface area contributed by atoms with Gasteiger partial charge in [-0.15, -0.1) is 0 Å². The Bertz CT molecular complexity index is 2030. The van der Waals surface area contributed by atoms with Gasteiger partial charge in [0.1, 0.15) is 17.4 Å². The van der Waals surface area contributed by atoms with Gasteiger partial charge in [-0.1, -0.05) is 104 Å². The van der Waals surface area contributed by atoms with E-state index in [-0.39, 0.29) is 35.3 Å². The van der Waals surface area contributed by atoms with Crippen LogP contribution in [0.5, 0.6) is 0 Å². The number of hydrogen-bond acceptors (Lipinski definition) is 5. The number of amides is 1. The largest absolute Gasteiger partial charge is 0.508 e. The zero-order valence-electron chi connectivity index (χ0n) is 30.8. The number of likely N-dealkylation sites (tertiary alicyclic amines) is 1. The number of carbonyl (C=O) groups is 2. The summed E-state index contributed by atoms with van der Waals surface area (Å²) in [5.74, 6) is -2.35. The van der Waals surface area contributed by atoms with Crippen molar-refractivity contribution in [3.05, 3.63) is 149 Å². The molecule has 1 saturated carbocycles. The van der Waals surface area contributed by atoms with Gasteiger partial charge >= 0.3 is 12.1 Å². The minimum absolute atomic E-state index is 0.0718. The van der Waals surface area contributed by atoms with E-state index in [1.807, 2.05) is 18.2 Å². The van der Waals surface area contributed by atoms with Crippen LogP contribution in [0, 0.1) is 11.3 Å². The van der Waals surface area contributed by atoms with Crippen molar-refractivity contribution < 1.29 is 41.8 Å². The number of nitrogens with one attached hydrogen (secondary N) is 1. The van der Waals surface area contributed by atoms with Gasteiger partial charge in [-0.25, -0.2) is 0 Å². The number of nitrogens with zero attached hydrogens (tertiary/aromatic N) is 1. The Morgan fingerprint density at radius 3 is 2.25 bits per heavy atom. The van der Waals surface area contributed by atoms with E-state index < -0.39 is 40.9 Å². The molecule has 8 rings (SSSR count). The molecule has 3 aliphatic carbocycles. The SMILES string of the molecule is C=CC[N+]1(CC(c2ccccc2)c2ccccc2)CC[C@@]23C4=C5C[C@@H]1[C@@H]2CCC[C@@H]3OC4C(NC(=O)C(=Cc1ccccc1)C(F)(F)F)(OC(C)=O)C=C5O. The number of hydrogen-bond donors (Lipinski definition) is 2. The molecular formula is C45H46F3N2O5+. The van der Waals surface area contributed by atoms with Crippen LogP contribution in [0.25, 0.3) is 6.08 Å². The highest BCUT2D eigenvalue weighted by Gasteiger charge is 2.73. The maximum atomic E-state index is 14.6. The molecule has 7 atom stereocenters. The quantitative estimate of drug-likeness (QED) is 0.0716. The Morgan fingerprint density at radius 2 is 1.65 bits per heavy atom. The fraction of sp³-hybridized carbons (Fsp3) is 0.378. The lowest BCUT2D eigenvalue weighted by atomic mass is 9.49. The van der Waals surface area contributed by atoms with Crippen molar-refractivity contribution in [1.82, 2.24) is 5.32 Å². The highest BCUT2D eigenvalue weighted by Crippen LogP contribution is 2.68. The van der Waals surface area contributed by atoms with Gasteiger partial charge in [0.2, 0.25) is 5.72 Å². The standard InChI is InChI=1S/C45H45F3N2O5/c1-3-23-50(28-34(31-16-9-5-10-17-31)32-18-11-6-12-19-32)24-22-43-35-20-13-21-39(43)54-41-40(43)33(26-37(35)50)38(52)27-44(41,55-29(2)51)49-42(53)36(45(46,47)48)25-30-14-7-4-8-15-30/h3-12,14-19,25,27,34-35,37,39,41H,1,13,20-24,26,28H2,2H3,(H-,49,52,53)/p+1/t35-,37+,39-,41?,43+,44?,50?/m0/s1. The first-order chi connectivity index (χ1) is 26.4. The predicted octanol–water partition coefficient (Wildman–Crippen LogP) is 8.32. The second kappa shape index (κ2) is 14.0. The van der Waals surface area contributed by atoms with Gasteiger partial charge in [-0.2, -0.15) is 13.2 Å². The molecule has 7 nitrogen and oxygen atoms in total. The summed E-state index contributed by atoms with van der Waals surface area (Å²) in [5.41, 5.74) is -0.213. The third-order valence-corrected chi connectivity index (χ3v) is 12.9. The molecular weight excluding hydrogens is 705 g/mol. The van der Waals surface area contributed by atoms with Crippen molar-refractivity contribution >= 4 is 18.0 Å². The van der Waals surface area contributed by atoms with Crippen LogP contribution in [0.2, 0.25) is 0 Å². The third-order valence-electron chi connectivity index (χ3n) is 12.9. The summed E-state index contributed by atoms with van der Waals surface area (Å²) in [6, 6.07) is 28.9. The molecule has 286 valence electrons.